The zero-order chi connectivity index (χ0) is 27.5. The Morgan fingerprint density at radius 1 is 1.17 bits per heavy atom. The molecular weight excluding hydrogens is 677 g/mol. The first-order valence-electron chi connectivity index (χ1n) is 13.5. The molecule has 0 aliphatic carbocycles. The molecule has 1 atom stereocenters. The van der Waals surface area contributed by atoms with Crippen LogP contribution in [0, 0.1) is 11.8 Å². The van der Waals surface area contributed by atoms with Gasteiger partial charge in [0.1, 0.15) is 18.2 Å². The Balaban J connectivity index is 0.00000169. The quantitative estimate of drug-likeness (QED) is 0.138. The molecule has 0 saturated heterocycles. The van der Waals surface area contributed by atoms with Gasteiger partial charge in [-0.1, -0.05) is 43.2 Å². The summed E-state index contributed by atoms with van der Waals surface area (Å²) in [7, 11) is 0. The monoisotopic (exact) mass is 713 g/mol. The molecule has 3 N–H and O–H groups in total. The number of fused-ring (bicyclic) bond motifs is 2. The van der Waals surface area contributed by atoms with Crippen molar-refractivity contribution in [3.05, 3.63) is 82.7 Å². The number of rotatable bonds is 8. The van der Waals surface area contributed by atoms with Crippen LogP contribution in [0.2, 0.25) is 0 Å². The van der Waals surface area contributed by atoms with E-state index in [1.807, 2.05) is 30.9 Å². The molecule has 0 fully saturated rings. The molecule has 2 aliphatic heterocycles. The van der Waals surface area contributed by atoms with Crippen LogP contribution in [0.5, 0.6) is 5.75 Å². The SMILES string of the molecule is CC#C[C@@H](CC1=NNNN1)c1ccc(OCc2ccc3scc(-c4cccc5c4CCN5C(=O)CC)c3c2)cc1.I.S.[HH]. The van der Waals surface area contributed by atoms with E-state index in [0.717, 1.165) is 41.4 Å². The molecule has 3 aromatic carbocycles. The number of hydrogen-bond acceptors (Lipinski definition) is 7. The van der Waals surface area contributed by atoms with E-state index >= 15 is 0 Å². The summed E-state index contributed by atoms with van der Waals surface area (Å²) in [6.45, 7) is 5.01. The third kappa shape index (κ3) is 6.54. The standard InChI is InChI=1S/C32H31N5O2S.HI.H2S.H2/c1-3-6-23(18-31-33-35-36-34-31)22-10-12-24(13-11-22)39-19-21-9-14-30-27(17-21)28(20-40-30)25-7-5-8-29-26(25)15-16-37(29)32(38)4-2;;;/h5,7-14,17,20,23,35-36H,4,15-16,18-19H2,1-2H3,(H,33,34);1H;1H2;1H/t23-;;;/m0.../s1. The molecule has 7 nitrogen and oxygen atoms in total. The molecule has 0 bridgehead atoms. The number of hydrazine groups is 2. The highest BCUT2D eigenvalue weighted by atomic mass is 127. The second-order valence-corrected chi connectivity index (χ2v) is 10.8. The second-order valence-electron chi connectivity index (χ2n) is 9.86. The van der Waals surface area contributed by atoms with E-state index in [0.29, 0.717) is 19.4 Å². The highest BCUT2D eigenvalue weighted by molar-refractivity contribution is 14.0. The van der Waals surface area contributed by atoms with Gasteiger partial charge in [0.15, 0.2) is 0 Å². The van der Waals surface area contributed by atoms with Crippen molar-refractivity contribution < 1.29 is 11.0 Å². The minimum Gasteiger partial charge on any atom is -0.489 e. The summed E-state index contributed by atoms with van der Waals surface area (Å²) in [5.74, 6) is 8.17. The maximum atomic E-state index is 12.5. The van der Waals surface area contributed by atoms with E-state index in [2.05, 4.69) is 87.3 Å². The van der Waals surface area contributed by atoms with Crippen LogP contribution in [-0.2, 0) is 17.8 Å². The topological polar surface area (TPSA) is 78.0 Å². The lowest BCUT2D eigenvalue weighted by Crippen LogP contribution is -2.35. The number of hydrogen-bond donors (Lipinski definition) is 3. The minimum absolute atomic E-state index is 0. The number of hydrazone groups is 1. The number of amidine groups is 1. The third-order valence-corrected chi connectivity index (χ3v) is 8.38. The lowest BCUT2D eigenvalue weighted by atomic mass is 9.95. The maximum Gasteiger partial charge on any atom is 0.226 e. The summed E-state index contributed by atoms with van der Waals surface area (Å²) in [4.78, 5) is 14.4. The number of halogens is 1. The molecule has 0 radical (unpaired) electrons. The predicted octanol–water partition coefficient (Wildman–Crippen LogP) is 6.85. The second kappa shape index (κ2) is 14.3. The van der Waals surface area contributed by atoms with Gasteiger partial charge in [-0.15, -0.1) is 51.9 Å². The first-order valence-corrected chi connectivity index (χ1v) is 14.4. The maximum absolute atomic E-state index is 12.5. The molecule has 10 heteroatoms. The van der Waals surface area contributed by atoms with Crippen molar-refractivity contribution in [3.63, 3.8) is 0 Å². The lowest BCUT2D eigenvalue weighted by Gasteiger charge is -2.17. The van der Waals surface area contributed by atoms with Gasteiger partial charge in [0.05, 0.1) is 5.92 Å². The van der Waals surface area contributed by atoms with Crippen LogP contribution in [0.25, 0.3) is 21.2 Å². The number of carbonyl (C=O) groups is 1. The largest absolute Gasteiger partial charge is 0.489 e. The van der Waals surface area contributed by atoms with Gasteiger partial charge in [-0.3, -0.25) is 10.2 Å². The Labute approximate surface area is 276 Å². The molecule has 42 heavy (non-hydrogen) atoms. The van der Waals surface area contributed by atoms with E-state index in [-0.39, 0.29) is 50.7 Å². The summed E-state index contributed by atoms with van der Waals surface area (Å²) in [6, 6.07) is 21.0. The number of amides is 1. The van der Waals surface area contributed by atoms with Crippen molar-refractivity contribution in [3.8, 4) is 28.7 Å². The smallest absolute Gasteiger partial charge is 0.226 e. The van der Waals surface area contributed by atoms with Gasteiger partial charge in [-0.05, 0) is 71.3 Å². The summed E-state index contributed by atoms with van der Waals surface area (Å²) in [5, 5.41) is 7.64. The third-order valence-electron chi connectivity index (χ3n) is 7.42. The van der Waals surface area contributed by atoms with Crippen LogP contribution < -0.4 is 26.1 Å². The molecule has 1 amide bonds. The van der Waals surface area contributed by atoms with Crippen LogP contribution in [0.15, 0.2) is 71.1 Å². The molecule has 0 saturated carbocycles. The Kier molecular flexibility index (Phi) is 10.8. The molecule has 220 valence electrons. The van der Waals surface area contributed by atoms with E-state index in [9.17, 15) is 4.79 Å². The first kappa shape index (κ1) is 31.7. The summed E-state index contributed by atoms with van der Waals surface area (Å²) in [5.41, 5.74) is 15.5. The van der Waals surface area contributed by atoms with Crippen LogP contribution in [0.1, 0.15) is 50.7 Å². The Morgan fingerprint density at radius 3 is 2.74 bits per heavy atom. The van der Waals surface area contributed by atoms with Gasteiger partial charge in [-0.2, -0.15) is 13.5 Å². The molecule has 2 aliphatic rings. The molecule has 4 aromatic rings. The Bertz CT molecular complexity index is 1670. The van der Waals surface area contributed by atoms with Crippen molar-refractivity contribution in [2.24, 2.45) is 5.10 Å². The number of benzene rings is 3. The predicted molar refractivity (Wildman–Crippen MR) is 190 cm³/mol. The first-order chi connectivity index (χ1) is 19.6. The van der Waals surface area contributed by atoms with Crippen LogP contribution >= 0.6 is 48.8 Å². The lowest BCUT2D eigenvalue weighted by molar-refractivity contribution is -0.118. The fourth-order valence-corrected chi connectivity index (χ4v) is 6.36. The highest BCUT2D eigenvalue weighted by Gasteiger charge is 2.26. The molecule has 0 spiro atoms. The number of nitrogens with one attached hydrogen (secondary N) is 3. The molecule has 6 rings (SSSR count). The summed E-state index contributed by atoms with van der Waals surface area (Å²) < 4.78 is 7.43. The van der Waals surface area contributed by atoms with Crippen molar-refractivity contribution in [2.45, 2.75) is 45.6 Å². The van der Waals surface area contributed by atoms with Gasteiger partial charge >= 0.3 is 0 Å². The summed E-state index contributed by atoms with van der Waals surface area (Å²) >= 11 is 1.76. The Morgan fingerprint density at radius 2 is 2.00 bits per heavy atom. The molecular formula is C32H36IN5O2S2. The minimum atomic E-state index is 0. The van der Waals surface area contributed by atoms with Gasteiger partial charge in [0.2, 0.25) is 5.91 Å². The fourth-order valence-electron chi connectivity index (χ4n) is 5.41. The number of anilines is 1. The van der Waals surface area contributed by atoms with Crippen LogP contribution in [-0.4, -0.2) is 18.3 Å². The average Bonchev–Trinajstić information content (AvgIpc) is 3.75. The zero-order valence-electron chi connectivity index (χ0n) is 23.5. The van der Waals surface area contributed by atoms with Crippen molar-refractivity contribution in [2.75, 3.05) is 11.4 Å². The van der Waals surface area contributed by atoms with E-state index < -0.39 is 0 Å². The molecule has 1 aromatic heterocycles. The molecule has 3 heterocycles. The van der Waals surface area contributed by atoms with Gasteiger partial charge < -0.3 is 9.64 Å². The number of carbonyl (C=O) groups excluding carboxylic acids is 1. The van der Waals surface area contributed by atoms with E-state index in [4.69, 9.17) is 4.74 Å². The van der Waals surface area contributed by atoms with E-state index in [1.54, 1.807) is 11.3 Å². The van der Waals surface area contributed by atoms with Crippen LogP contribution in [0.4, 0.5) is 5.69 Å². The van der Waals surface area contributed by atoms with Crippen molar-refractivity contribution in [1.29, 1.82) is 0 Å². The average molecular weight is 714 g/mol. The van der Waals surface area contributed by atoms with Gasteiger partial charge in [0.25, 0.3) is 0 Å². The fraction of sp³-hybridized carbons (Fsp3) is 0.250. The zero-order valence-corrected chi connectivity index (χ0v) is 27.6. The number of ether oxygens (including phenoxy) is 1. The van der Waals surface area contributed by atoms with Gasteiger partial charge in [0, 0.05) is 42.2 Å². The number of nitrogens with zero attached hydrogens (tertiary/aromatic N) is 2. The van der Waals surface area contributed by atoms with Crippen molar-refractivity contribution >= 4 is 76.3 Å². The Hall–Kier alpha value is -3.24. The summed E-state index contributed by atoms with van der Waals surface area (Å²) in [6.07, 6.45) is 2.09. The highest BCUT2D eigenvalue weighted by Crippen LogP contribution is 2.41. The van der Waals surface area contributed by atoms with Crippen molar-refractivity contribution in [1.82, 2.24) is 16.5 Å². The van der Waals surface area contributed by atoms with Crippen LogP contribution in [0.3, 0.4) is 0 Å². The van der Waals surface area contributed by atoms with E-state index in [1.165, 1.54) is 26.8 Å². The normalized spacial score (nSPS) is 13.9. The number of thiophene rings is 1. The molecule has 0 unspecified atom stereocenters. The van der Waals surface area contributed by atoms with Gasteiger partial charge in [-0.25, -0.2) is 5.53 Å².